The van der Waals surface area contributed by atoms with Crippen molar-refractivity contribution in [1.82, 2.24) is 10.2 Å². The Morgan fingerprint density at radius 3 is 2.71 bits per heavy atom. The van der Waals surface area contributed by atoms with Crippen LogP contribution >= 0.6 is 0 Å². The van der Waals surface area contributed by atoms with E-state index in [4.69, 9.17) is 4.74 Å². The minimum absolute atomic E-state index is 0.00445. The van der Waals surface area contributed by atoms with Crippen molar-refractivity contribution in [3.05, 3.63) is 29.8 Å². The van der Waals surface area contributed by atoms with Gasteiger partial charge in [-0.3, -0.25) is 9.59 Å². The van der Waals surface area contributed by atoms with Crippen molar-refractivity contribution in [2.45, 2.75) is 32.2 Å². The Hall–Kier alpha value is -2.04. The predicted molar refractivity (Wildman–Crippen MR) is 80.1 cm³/mol. The van der Waals surface area contributed by atoms with E-state index in [1.807, 2.05) is 36.1 Å². The van der Waals surface area contributed by atoms with E-state index in [0.29, 0.717) is 25.9 Å². The highest BCUT2D eigenvalue weighted by atomic mass is 16.5. The summed E-state index contributed by atoms with van der Waals surface area (Å²) in [5, 5.41) is 2.88. The van der Waals surface area contributed by atoms with Crippen LogP contribution in [-0.2, 0) is 16.0 Å². The number of hydrogen-bond acceptors (Lipinski definition) is 3. The van der Waals surface area contributed by atoms with Crippen LogP contribution in [0.15, 0.2) is 24.3 Å². The molecule has 0 aliphatic carbocycles. The van der Waals surface area contributed by atoms with Crippen LogP contribution in [0.4, 0.5) is 0 Å². The molecule has 1 aliphatic rings. The highest BCUT2D eigenvalue weighted by Crippen LogP contribution is 2.15. The molecule has 114 valence electrons. The summed E-state index contributed by atoms with van der Waals surface area (Å²) in [5.41, 5.74) is 1.17. The average Bonchev–Trinajstić information content (AvgIpc) is 2.85. The third-order valence-electron chi connectivity index (χ3n) is 3.73. The van der Waals surface area contributed by atoms with Crippen LogP contribution in [0.3, 0.4) is 0 Å². The first kappa shape index (κ1) is 15.4. The number of carbonyl (C=O) groups is 2. The molecule has 0 spiro atoms. The SMILES string of the molecule is CCC(=O)NC1CC(=O)N(CCc2ccc(OC)cc2)C1. The molecule has 5 heteroatoms. The molecule has 1 aromatic carbocycles. The van der Waals surface area contributed by atoms with Gasteiger partial charge in [-0.25, -0.2) is 0 Å². The maximum Gasteiger partial charge on any atom is 0.224 e. The van der Waals surface area contributed by atoms with Crippen LogP contribution in [0, 0.1) is 0 Å². The monoisotopic (exact) mass is 290 g/mol. The fourth-order valence-corrected chi connectivity index (χ4v) is 2.47. The molecule has 1 fully saturated rings. The van der Waals surface area contributed by atoms with Gasteiger partial charge in [-0.2, -0.15) is 0 Å². The molecule has 0 saturated carbocycles. The van der Waals surface area contributed by atoms with Gasteiger partial charge in [-0.15, -0.1) is 0 Å². The van der Waals surface area contributed by atoms with Crippen LogP contribution in [-0.4, -0.2) is 43.0 Å². The smallest absolute Gasteiger partial charge is 0.224 e. The summed E-state index contributed by atoms with van der Waals surface area (Å²) in [6, 6.07) is 7.82. The van der Waals surface area contributed by atoms with Gasteiger partial charge in [0.05, 0.1) is 13.2 Å². The number of rotatable bonds is 6. The maximum absolute atomic E-state index is 11.9. The lowest BCUT2D eigenvalue weighted by atomic mass is 10.1. The van der Waals surface area contributed by atoms with E-state index in [9.17, 15) is 9.59 Å². The third-order valence-corrected chi connectivity index (χ3v) is 3.73. The van der Waals surface area contributed by atoms with Gasteiger partial charge in [-0.05, 0) is 24.1 Å². The molecular weight excluding hydrogens is 268 g/mol. The Labute approximate surface area is 125 Å². The number of carbonyl (C=O) groups excluding carboxylic acids is 2. The predicted octanol–water partition coefficient (Wildman–Crippen LogP) is 1.36. The zero-order chi connectivity index (χ0) is 15.2. The summed E-state index contributed by atoms with van der Waals surface area (Å²) in [5.74, 6) is 0.952. The van der Waals surface area contributed by atoms with Gasteiger partial charge < -0.3 is 15.0 Å². The Bertz CT molecular complexity index is 499. The minimum Gasteiger partial charge on any atom is -0.497 e. The number of hydrogen-bond donors (Lipinski definition) is 1. The van der Waals surface area contributed by atoms with Gasteiger partial charge in [0.15, 0.2) is 0 Å². The standard InChI is InChI=1S/C16H22N2O3/c1-3-15(19)17-13-10-16(20)18(11-13)9-8-12-4-6-14(21-2)7-5-12/h4-7,13H,3,8-11H2,1-2H3,(H,17,19). The molecule has 2 amide bonds. The molecule has 2 rings (SSSR count). The van der Waals surface area contributed by atoms with E-state index < -0.39 is 0 Å². The fourth-order valence-electron chi connectivity index (χ4n) is 2.47. The molecule has 1 saturated heterocycles. The maximum atomic E-state index is 11.9. The lowest BCUT2D eigenvalue weighted by molar-refractivity contribution is -0.127. The fraction of sp³-hybridized carbons (Fsp3) is 0.500. The second-order valence-electron chi connectivity index (χ2n) is 5.26. The molecular formula is C16H22N2O3. The number of methoxy groups -OCH3 is 1. The number of nitrogens with one attached hydrogen (secondary N) is 1. The van der Waals surface area contributed by atoms with Crippen molar-refractivity contribution < 1.29 is 14.3 Å². The zero-order valence-electron chi connectivity index (χ0n) is 12.6. The molecule has 5 nitrogen and oxygen atoms in total. The van der Waals surface area contributed by atoms with Crippen molar-refractivity contribution in [2.75, 3.05) is 20.2 Å². The number of ether oxygens (including phenoxy) is 1. The third kappa shape index (κ3) is 4.21. The van der Waals surface area contributed by atoms with Crippen LogP contribution in [0.5, 0.6) is 5.75 Å². The van der Waals surface area contributed by atoms with Crippen molar-refractivity contribution >= 4 is 11.8 Å². The van der Waals surface area contributed by atoms with Crippen LogP contribution in [0.25, 0.3) is 0 Å². The van der Waals surface area contributed by atoms with E-state index in [1.54, 1.807) is 7.11 Å². The lowest BCUT2D eigenvalue weighted by Gasteiger charge is -2.17. The second-order valence-corrected chi connectivity index (χ2v) is 5.26. The van der Waals surface area contributed by atoms with E-state index >= 15 is 0 Å². The summed E-state index contributed by atoms with van der Waals surface area (Å²) in [7, 11) is 1.64. The summed E-state index contributed by atoms with van der Waals surface area (Å²) in [6.45, 7) is 3.11. The van der Waals surface area contributed by atoms with Crippen molar-refractivity contribution in [1.29, 1.82) is 0 Å². The van der Waals surface area contributed by atoms with E-state index in [2.05, 4.69) is 5.32 Å². The number of likely N-dealkylation sites (tertiary alicyclic amines) is 1. The minimum atomic E-state index is -0.0409. The van der Waals surface area contributed by atoms with Crippen molar-refractivity contribution in [3.8, 4) is 5.75 Å². The van der Waals surface area contributed by atoms with Crippen LogP contribution in [0.1, 0.15) is 25.3 Å². The van der Waals surface area contributed by atoms with E-state index in [0.717, 1.165) is 12.2 Å². The highest BCUT2D eigenvalue weighted by Gasteiger charge is 2.29. The molecule has 0 aromatic heterocycles. The van der Waals surface area contributed by atoms with E-state index in [1.165, 1.54) is 5.56 Å². The Kier molecular flexibility index (Phi) is 5.20. The van der Waals surface area contributed by atoms with Gasteiger partial charge in [-0.1, -0.05) is 19.1 Å². The topological polar surface area (TPSA) is 58.6 Å². The molecule has 1 N–H and O–H groups in total. The van der Waals surface area contributed by atoms with Crippen LogP contribution < -0.4 is 10.1 Å². The first-order valence-corrected chi connectivity index (χ1v) is 7.32. The summed E-state index contributed by atoms with van der Waals surface area (Å²) < 4.78 is 5.12. The van der Waals surface area contributed by atoms with Gasteiger partial charge >= 0.3 is 0 Å². The number of nitrogens with zero attached hydrogens (tertiary/aromatic N) is 1. The molecule has 21 heavy (non-hydrogen) atoms. The number of benzene rings is 1. The average molecular weight is 290 g/mol. The Morgan fingerprint density at radius 1 is 1.38 bits per heavy atom. The number of amides is 2. The van der Waals surface area contributed by atoms with Crippen LogP contribution in [0.2, 0.25) is 0 Å². The Morgan fingerprint density at radius 2 is 2.10 bits per heavy atom. The molecule has 1 atom stereocenters. The summed E-state index contributed by atoms with van der Waals surface area (Å²) in [4.78, 5) is 25.1. The summed E-state index contributed by atoms with van der Waals surface area (Å²) in [6.07, 6.45) is 1.68. The van der Waals surface area contributed by atoms with Gasteiger partial charge in [0, 0.05) is 25.9 Å². The quantitative estimate of drug-likeness (QED) is 0.860. The molecule has 0 radical (unpaired) electrons. The first-order valence-electron chi connectivity index (χ1n) is 7.32. The highest BCUT2D eigenvalue weighted by molar-refractivity contribution is 5.82. The molecule has 1 unspecified atom stereocenters. The van der Waals surface area contributed by atoms with Crippen molar-refractivity contribution in [3.63, 3.8) is 0 Å². The van der Waals surface area contributed by atoms with Gasteiger partial charge in [0.25, 0.3) is 0 Å². The van der Waals surface area contributed by atoms with Gasteiger partial charge in [0.2, 0.25) is 11.8 Å². The largest absolute Gasteiger partial charge is 0.497 e. The van der Waals surface area contributed by atoms with E-state index in [-0.39, 0.29) is 17.9 Å². The summed E-state index contributed by atoms with van der Waals surface area (Å²) >= 11 is 0. The first-order chi connectivity index (χ1) is 10.1. The van der Waals surface area contributed by atoms with Crippen molar-refractivity contribution in [2.24, 2.45) is 0 Å². The molecule has 1 aliphatic heterocycles. The second kappa shape index (κ2) is 7.11. The van der Waals surface area contributed by atoms with Gasteiger partial charge in [0.1, 0.15) is 5.75 Å². The molecule has 1 aromatic rings. The lowest BCUT2D eigenvalue weighted by Crippen LogP contribution is -2.37. The molecule has 1 heterocycles. The molecule has 0 bridgehead atoms. The zero-order valence-corrected chi connectivity index (χ0v) is 12.6. The normalized spacial score (nSPS) is 17.9. The Balaban J connectivity index is 1.82.